The number of hydrogen-bond acceptors (Lipinski definition) is 8. The molecule has 1 saturated heterocycles. The maximum Gasteiger partial charge on any atom is 0.433 e. The second kappa shape index (κ2) is 9.84. The largest absolute Gasteiger partial charge is 0.433 e. The highest BCUT2D eigenvalue weighted by Crippen LogP contribution is 2.32. The van der Waals surface area contributed by atoms with Gasteiger partial charge in [0.15, 0.2) is 5.82 Å². The lowest BCUT2D eigenvalue weighted by molar-refractivity contribution is -0.141. The van der Waals surface area contributed by atoms with Crippen molar-refractivity contribution in [2.75, 3.05) is 16.8 Å². The minimum Gasteiger partial charge on any atom is -0.391 e. The van der Waals surface area contributed by atoms with E-state index in [1.54, 1.807) is 11.8 Å². The summed E-state index contributed by atoms with van der Waals surface area (Å²) >= 11 is 0. The molecule has 8 nitrogen and oxygen atoms in total. The number of aliphatic hydroxyl groups is 1. The van der Waals surface area contributed by atoms with E-state index in [0.29, 0.717) is 25.8 Å². The van der Waals surface area contributed by atoms with E-state index in [-0.39, 0.29) is 35.1 Å². The molecule has 2 N–H and O–H groups in total. The predicted molar refractivity (Wildman–Crippen MR) is 117 cm³/mol. The van der Waals surface area contributed by atoms with Crippen molar-refractivity contribution < 1.29 is 31.4 Å². The van der Waals surface area contributed by atoms with Crippen LogP contribution in [0.25, 0.3) is 11.5 Å². The van der Waals surface area contributed by atoms with Gasteiger partial charge < -0.3 is 15.3 Å². The Hall–Kier alpha value is -3.55. The third-order valence-electron chi connectivity index (χ3n) is 5.62. The normalized spacial score (nSPS) is 17.3. The van der Waals surface area contributed by atoms with Gasteiger partial charge in [-0.2, -0.15) is 41.3 Å². The summed E-state index contributed by atoms with van der Waals surface area (Å²) in [5.41, 5.74) is -2.54. The first-order valence-corrected chi connectivity index (χ1v) is 11.0. The van der Waals surface area contributed by atoms with Gasteiger partial charge in [-0.25, -0.2) is 4.98 Å². The van der Waals surface area contributed by atoms with E-state index in [0.717, 1.165) is 24.4 Å². The zero-order valence-electron chi connectivity index (χ0n) is 18.8. The topological polar surface area (TPSA) is 100.0 Å². The van der Waals surface area contributed by atoms with Crippen molar-refractivity contribution in [2.24, 2.45) is 0 Å². The molecule has 0 aromatic carbocycles. The van der Waals surface area contributed by atoms with Gasteiger partial charge in [-0.05, 0) is 43.5 Å². The maximum atomic E-state index is 13.2. The minimum absolute atomic E-state index is 0.0380. The molecule has 192 valence electrons. The second-order valence-electron chi connectivity index (χ2n) is 8.12. The zero-order chi connectivity index (χ0) is 26.1. The van der Waals surface area contributed by atoms with Gasteiger partial charge in [0.2, 0.25) is 11.9 Å². The standard InChI is InChI=1S/C22H21F6N7O/c1-2-15(36)14-6-4-10-35(14)20-33-18(13-5-3-7-16(31-13)21(23,24)25)32-19(34-20)30-12-8-9-29-17(11-12)22(26,27)28/h3,5,7-9,11,14-15,36H,2,4,6,10H2,1H3,(H,29,30,32,33,34)/t14-,15-/m1/s1. The van der Waals surface area contributed by atoms with Crippen LogP contribution in [0.1, 0.15) is 37.6 Å². The second-order valence-corrected chi connectivity index (χ2v) is 8.12. The van der Waals surface area contributed by atoms with Gasteiger partial charge >= 0.3 is 12.4 Å². The van der Waals surface area contributed by atoms with E-state index < -0.39 is 29.8 Å². The fourth-order valence-electron chi connectivity index (χ4n) is 3.89. The molecule has 0 amide bonds. The summed E-state index contributed by atoms with van der Waals surface area (Å²) in [5, 5.41) is 13.1. The summed E-state index contributed by atoms with van der Waals surface area (Å²) in [5.74, 6) is -0.359. The van der Waals surface area contributed by atoms with Crippen LogP contribution in [0.5, 0.6) is 0 Å². The van der Waals surface area contributed by atoms with Crippen molar-refractivity contribution in [1.29, 1.82) is 0 Å². The van der Waals surface area contributed by atoms with Crippen LogP contribution in [-0.2, 0) is 12.4 Å². The number of pyridine rings is 2. The van der Waals surface area contributed by atoms with Crippen molar-refractivity contribution >= 4 is 17.6 Å². The molecule has 4 rings (SSSR count). The molecule has 1 aliphatic rings. The molecule has 14 heteroatoms. The lowest BCUT2D eigenvalue weighted by atomic mass is 10.1. The zero-order valence-corrected chi connectivity index (χ0v) is 18.8. The molecule has 2 atom stereocenters. The Morgan fingerprint density at radius 1 is 1.03 bits per heavy atom. The number of hydrogen-bond donors (Lipinski definition) is 2. The van der Waals surface area contributed by atoms with E-state index in [1.165, 1.54) is 12.1 Å². The van der Waals surface area contributed by atoms with Crippen LogP contribution in [0.4, 0.5) is 43.9 Å². The van der Waals surface area contributed by atoms with E-state index in [1.807, 2.05) is 0 Å². The highest BCUT2D eigenvalue weighted by molar-refractivity contribution is 5.59. The van der Waals surface area contributed by atoms with Gasteiger partial charge in [0.05, 0.1) is 12.1 Å². The van der Waals surface area contributed by atoms with E-state index in [4.69, 9.17) is 0 Å². The van der Waals surface area contributed by atoms with Crippen LogP contribution in [0.2, 0.25) is 0 Å². The Morgan fingerprint density at radius 2 is 1.78 bits per heavy atom. The molecular formula is C22H21F6N7O. The number of anilines is 3. The van der Waals surface area contributed by atoms with Gasteiger partial charge in [0, 0.05) is 18.4 Å². The van der Waals surface area contributed by atoms with Gasteiger partial charge in [0.1, 0.15) is 17.1 Å². The fraction of sp³-hybridized carbons (Fsp3) is 0.409. The number of halogens is 6. The average molecular weight is 513 g/mol. The number of rotatable bonds is 6. The molecule has 0 radical (unpaired) electrons. The Kier molecular flexibility index (Phi) is 6.98. The van der Waals surface area contributed by atoms with Crippen molar-refractivity contribution in [2.45, 2.75) is 50.7 Å². The number of aromatic nitrogens is 5. The van der Waals surface area contributed by atoms with Crippen molar-refractivity contribution in [3.8, 4) is 11.5 Å². The smallest absolute Gasteiger partial charge is 0.391 e. The van der Waals surface area contributed by atoms with Gasteiger partial charge in [-0.1, -0.05) is 13.0 Å². The van der Waals surface area contributed by atoms with Crippen LogP contribution in [0.3, 0.4) is 0 Å². The van der Waals surface area contributed by atoms with Crippen LogP contribution in [0.15, 0.2) is 36.5 Å². The molecule has 3 aromatic heterocycles. The molecule has 1 fully saturated rings. The summed E-state index contributed by atoms with van der Waals surface area (Å²) in [4.78, 5) is 21.3. The average Bonchev–Trinajstić information content (AvgIpc) is 3.33. The molecule has 0 saturated carbocycles. The summed E-state index contributed by atoms with van der Waals surface area (Å²) in [6, 6.07) is 4.92. The first kappa shape index (κ1) is 25.5. The number of nitrogens with one attached hydrogen (secondary N) is 1. The molecule has 1 aliphatic heterocycles. The Bertz CT molecular complexity index is 1220. The molecule has 0 spiro atoms. The highest BCUT2D eigenvalue weighted by atomic mass is 19.4. The van der Waals surface area contributed by atoms with Gasteiger partial charge in [-0.15, -0.1) is 0 Å². The first-order valence-electron chi connectivity index (χ1n) is 11.0. The summed E-state index contributed by atoms with van der Waals surface area (Å²) in [6.45, 7) is 2.27. The first-order chi connectivity index (χ1) is 17.0. The minimum atomic E-state index is -4.71. The molecule has 0 unspecified atom stereocenters. The Morgan fingerprint density at radius 3 is 2.47 bits per heavy atom. The molecule has 0 bridgehead atoms. The van der Waals surface area contributed by atoms with Crippen molar-refractivity contribution in [3.05, 3.63) is 47.9 Å². The number of alkyl halides is 6. The van der Waals surface area contributed by atoms with Crippen LogP contribution >= 0.6 is 0 Å². The van der Waals surface area contributed by atoms with Gasteiger partial charge in [0.25, 0.3) is 0 Å². The number of aliphatic hydroxyl groups excluding tert-OH is 1. The monoisotopic (exact) mass is 513 g/mol. The fourth-order valence-corrected chi connectivity index (χ4v) is 3.89. The predicted octanol–water partition coefficient (Wildman–Crippen LogP) is 4.85. The summed E-state index contributed by atoms with van der Waals surface area (Å²) in [7, 11) is 0. The lowest BCUT2D eigenvalue weighted by Crippen LogP contribution is -2.40. The van der Waals surface area contributed by atoms with E-state index in [2.05, 4.69) is 30.2 Å². The molecule has 0 aliphatic carbocycles. The van der Waals surface area contributed by atoms with Crippen molar-refractivity contribution in [3.63, 3.8) is 0 Å². The van der Waals surface area contributed by atoms with E-state index >= 15 is 0 Å². The summed E-state index contributed by atoms with van der Waals surface area (Å²) in [6.07, 6.45) is -7.33. The summed E-state index contributed by atoms with van der Waals surface area (Å²) < 4.78 is 78.9. The molecule has 4 heterocycles. The van der Waals surface area contributed by atoms with E-state index in [9.17, 15) is 31.4 Å². The maximum absolute atomic E-state index is 13.2. The van der Waals surface area contributed by atoms with Crippen LogP contribution < -0.4 is 10.2 Å². The van der Waals surface area contributed by atoms with Crippen molar-refractivity contribution in [1.82, 2.24) is 24.9 Å². The third kappa shape index (κ3) is 5.64. The quantitative estimate of drug-likeness (QED) is 0.452. The molecular weight excluding hydrogens is 492 g/mol. The lowest BCUT2D eigenvalue weighted by Gasteiger charge is -2.28. The number of nitrogens with zero attached hydrogens (tertiary/aromatic N) is 6. The van der Waals surface area contributed by atoms with Gasteiger partial charge in [-0.3, -0.25) is 4.98 Å². The Balaban J connectivity index is 1.78. The molecule has 3 aromatic rings. The van der Waals surface area contributed by atoms with Crippen LogP contribution in [0, 0.1) is 0 Å². The SMILES string of the molecule is CC[C@@H](O)[C@H]1CCCN1c1nc(Nc2ccnc(C(F)(F)F)c2)nc(-c2cccc(C(F)(F)F)n2)n1. The highest BCUT2D eigenvalue weighted by Gasteiger charge is 2.35. The molecule has 36 heavy (non-hydrogen) atoms. The van der Waals surface area contributed by atoms with Crippen LogP contribution in [-0.4, -0.2) is 48.7 Å². The third-order valence-corrected chi connectivity index (χ3v) is 5.62. The Labute approximate surface area is 201 Å².